The van der Waals surface area contributed by atoms with Crippen molar-refractivity contribution >= 4 is 0 Å². The van der Waals surface area contributed by atoms with Crippen LogP contribution >= 0.6 is 0 Å². The molecule has 0 aliphatic heterocycles. The van der Waals surface area contributed by atoms with Crippen molar-refractivity contribution in [3.8, 4) is 0 Å². The molecule has 0 aromatic heterocycles. The van der Waals surface area contributed by atoms with Gasteiger partial charge in [0, 0.05) is 0 Å². The van der Waals surface area contributed by atoms with E-state index in [-0.39, 0.29) is 6.10 Å². The van der Waals surface area contributed by atoms with E-state index in [2.05, 4.69) is 20.8 Å². The third-order valence-electron chi connectivity index (χ3n) is 2.66. The maximum absolute atomic E-state index is 9.08. The second-order valence-electron chi connectivity index (χ2n) is 4.19. The fourth-order valence-electron chi connectivity index (χ4n) is 1.68. The lowest BCUT2D eigenvalue weighted by Gasteiger charge is -2.18. The molecule has 0 rings (SSSR count). The van der Waals surface area contributed by atoms with Crippen LogP contribution in [0.15, 0.2) is 0 Å². The van der Waals surface area contributed by atoms with Gasteiger partial charge in [-0.2, -0.15) is 0 Å². The van der Waals surface area contributed by atoms with E-state index in [0.717, 1.165) is 18.3 Å². The van der Waals surface area contributed by atoms with E-state index in [4.69, 9.17) is 5.11 Å². The number of hydrogen-bond acceptors (Lipinski definition) is 1. The Labute approximate surface area is 77.2 Å². The Kier molecular flexibility index (Phi) is 6.45. The highest BCUT2D eigenvalue weighted by atomic mass is 16.3. The molecular formula is C11H24O. The average molecular weight is 172 g/mol. The largest absolute Gasteiger partial charge is 0.393 e. The first-order valence-electron chi connectivity index (χ1n) is 5.26. The Balaban J connectivity index is 3.45. The Bertz CT molecular complexity index is 97.2. The van der Waals surface area contributed by atoms with Crippen molar-refractivity contribution in [2.45, 2.75) is 59.5 Å². The standard InChI is InChI=1S/C11H24O/c1-5-11(9(2)3)8-6-7-10(4)12/h9-12H,5-8H2,1-4H3. The topological polar surface area (TPSA) is 20.2 Å². The van der Waals surface area contributed by atoms with Crippen molar-refractivity contribution in [3.63, 3.8) is 0 Å². The van der Waals surface area contributed by atoms with Gasteiger partial charge in [0.2, 0.25) is 0 Å². The molecular weight excluding hydrogens is 148 g/mol. The summed E-state index contributed by atoms with van der Waals surface area (Å²) in [5.74, 6) is 1.65. The average Bonchev–Trinajstić information content (AvgIpc) is 1.96. The van der Waals surface area contributed by atoms with Crippen LogP contribution in [0.4, 0.5) is 0 Å². The second-order valence-corrected chi connectivity index (χ2v) is 4.19. The SMILES string of the molecule is CCC(CCCC(C)O)C(C)C. The maximum atomic E-state index is 9.08. The molecule has 0 aliphatic carbocycles. The summed E-state index contributed by atoms with van der Waals surface area (Å²) in [5, 5.41) is 9.08. The fourth-order valence-corrected chi connectivity index (χ4v) is 1.68. The molecule has 1 heteroatoms. The highest BCUT2D eigenvalue weighted by Gasteiger charge is 2.10. The van der Waals surface area contributed by atoms with Crippen LogP contribution in [0.3, 0.4) is 0 Å². The van der Waals surface area contributed by atoms with Crippen LogP contribution in [0, 0.1) is 11.8 Å². The van der Waals surface area contributed by atoms with Crippen LogP contribution < -0.4 is 0 Å². The fraction of sp³-hybridized carbons (Fsp3) is 1.00. The molecule has 2 atom stereocenters. The smallest absolute Gasteiger partial charge is 0.0512 e. The zero-order chi connectivity index (χ0) is 9.56. The van der Waals surface area contributed by atoms with Crippen molar-refractivity contribution in [1.82, 2.24) is 0 Å². The zero-order valence-electron chi connectivity index (χ0n) is 9.01. The first-order valence-corrected chi connectivity index (χ1v) is 5.26. The minimum absolute atomic E-state index is 0.116. The van der Waals surface area contributed by atoms with Crippen LogP contribution in [-0.2, 0) is 0 Å². The van der Waals surface area contributed by atoms with Gasteiger partial charge in [-0.15, -0.1) is 0 Å². The highest BCUT2D eigenvalue weighted by molar-refractivity contribution is 4.62. The number of aliphatic hydroxyl groups excluding tert-OH is 1. The van der Waals surface area contributed by atoms with Crippen LogP contribution in [0.2, 0.25) is 0 Å². The van der Waals surface area contributed by atoms with Crippen molar-refractivity contribution in [2.24, 2.45) is 11.8 Å². The predicted molar refractivity (Wildman–Crippen MR) is 54.2 cm³/mol. The molecule has 0 bridgehead atoms. The first kappa shape index (κ1) is 12.0. The molecule has 0 saturated carbocycles. The van der Waals surface area contributed by atoms with E-state index >= 15 is 0 Å². The van der Waals surface area contributed by atoms with Gasteiger partial charge in [0.05, 0.1) is 6.10 Å². The molecule has 12 heavy (non-hydrogen) atoms. The lowest BCUT2D eigenvalue weighted by Crippen LogP contribution is -2.08. The van der Waals surface area contributed by atoms with Gasteiger partial charge in [0.15, 0.2) is 0 Å². The van der Waals surface area contributed by atoms with E-state index in [1.807, 2.05) is 6.92 Å². The lowest BCUT2D eigenvalue weighted by molar-refractivity contribution is 0.175. The Morgan fingerprint density at radius 3 is 2.00 bits per heavy atom. The third kappa shape index (κ3) is 5.59. The minimum Gasteiger partial charge on any atom is -0.393 e. The van der Waals surface area contributed by atoms with Crippen molar-refractivity contribution < 1.29 is 5.11 Å². The molecule has 1 N–H and O–H groups in total. The van der Waals surface area contributed by atoms with Gasteiger partial charge < -0.3 is 5.11 Å². The molecule has 0 amide bonds. The molecule has 0 fully saturated rings. The second kappa shape index (κ2) is 6.47. The van der Waals surface area contributed by atoms with E-state index in [0.29, 0.717) is 0 Å². The molecule has 0 spiro atoms. The molecule has 0 aliphatic rings. The minimum atomic E-state index is -0.116. The molecule has 74 valence electrons. The summed E-state index contributed by atoms with van der Waals surface area (Å²) >= 11 is 0. The van der Waals surface area contributed by atoms with Gasteiger partial charge >= 0.3 is 0 Å². The summed E-state index contributed by atoms with van der Waals surface area (Å²) < 4.78 is 0. The Morgan fingerprint density at radius 2 is 1.67 bits per heavy atom. The van der Waals surface area contributed by atoms with Gasteiger partial charge in [-0.3, -0.25) is 0 Å². The number of rotatable bonds is 6. The summed E-state index contributed by atoms with van der Waals surface area (Å²) in [5.41, 5.74) is 0. The number of hydrogen-bond donors (Lipinski definition) is 1. The Morgan fingerprint density at radius 1 is 1.08 bits per heavy atom. The molecule has 0 radical (unpaired) electrons. The monoisotopic (exact) mass is 172 g/mol. The molecule has 2 unspecified atom stereocenters. The quantitative estimate of drug-likeness (QED) is 0.652. The summed E-state index contributed by atoms with van der Waals surface area (Å²) in [7, 11) is 0. The summed E-state index contributed by atoms with van der Waals surface area (Å²) in [6, 6.07) is 0. The zero-order valence-corrected chi connectivity index (χ0v) is 9.01. The highest BCUT2D eigenvalue weighted by Crippen LogP contribution is 2.21. The van der Waals surface area contributed by atoms with Gasteiger partial charge in [0.1, 0.15) is 0 Å². The van der Waals surface area contributed by atoms with Crippen LogP contribution in [-0.4, -0.2) is 11.2 Å². The third-order valence-corrected chi connectivity index (χ3v) is 2.66. The Hall–Kier alpha value is -0.0400. The molecule has 0 aromatic rings. The number of aliphatic hydroxyl groups is 1. The van der Waals surface area contributed by atoms with Crippen molar-refractivity contribution in [2.75, 3.05) is 0 Å². The normalized spacial score (nSPS) is 16.5. The molecule has 0 heterocycles. The summed E-state index contributed by atoms with van der Waals surface area (Å²) in [4.78, 5) is 0. The van der Waals surface area contributed by atoms with Gasteiger partial charge in [-0.25, -0.2) is 0 Å². The maximum Gasteiger partial charge on any atom is 0.0512 e. The molecule has 1 nitrogen and oxygen atoms in total. The van der Waals surface area contributed by atoms with Crippen LogP contribution in [0.25, 0.3) is 0 Å². The van der Waals surface area contributed by atoms with Crippen LogP contribution in [0.1, 0.15) is 53.4 Å². The van der Waals surface area contributed by atoms with Crippen LogP contribution in [0.5, 0.6) is 0 Å². The molecule has 0 aromatic carbocycles. The summed E-state index contributed by atoms with van der Waals surface area (Å²) in [6.07, 6.45) is 4.57. The van der Waals surface area contributed by atoms with Gasteiger partial charge in [-0.05, 0) is 25.2 Å². The van der Waals surface area contributed by atoms with Crippen molar-refractivity contribution in [1.29, 1.82) is 0 Å². The first-order chi connectivity index (χ1) is 5.57. The van der Waals surface area contributed by atoms with E-state index in [9.17, 15) is 0 Å². The van der Waals surface area contributed by atoms with E-state index in [1.54, 1.807) is 0 Å². The van der Waals surface area contributed by atoms with E-state index < -0.39 is 0 Å². The molecule has 0 saturated heterocycles. The van der Waals surface area contributed by atoms with E-state index in [1.165, 1.54) is 19.3 Å². The lowest BCUT2D eigenvalue weighted by atomic mass is 9.88. The van der Waals surface area contributed by atoms with Gasteiger partial charge in [-0.1, -0.05) is 40.0 Å². The summed E-state index contributed by atoms with van der Waals surface area (Å²) in [6.45, 7) is 8.70. The predicted octanol–water partition coefficient (Wildman–Crippen LogP) is 3.22. The van der Waals surface area contributed by atoms with Crippen molar-refractivity contribution in [3.05, 3.63) is 0 Å². The van der Waals surface area contributed by atoms with Gasteiger partial charge in [0.25, 0.3) is 0 Å².